The van der Waals surface area contributed by atoms with E-state index in [0.717, 1.165) is 58.0 Å². The van der Waals surface area contributed by atoms with Gasteiger partial charge in [-0.15, -0.1) is 0 Å². The van der Waals surface area contributed by atoms with Crippen LogP contribution in [0.3, 0.4) is 0 Å². The summed E-state index contributed by atoms with van der Waals surface area (Å²) in [5, 5.41) is 0. The Hall–Kier alpha value is -4.81. The van der Waals surface area contributed by atoms with Crippen LogP contribution in [0, 0.1) is 6.92 Å². The maximum atomic E-state index is 10.3. The molecule has 0 aliphatic rings. The Kier molecular flexibility index (Phi) is 15.5. The molecule has 6 heterocycles. The molecular weight excluding hydrogens is 621 g/mol. The van der Waals surface area contributed by atoms with Crippen LogP contribution in [0.5, 0.6) is 0 Å². The van der Waals surface area contributed by atoms with Crippen molar-refractivity contribution in [1.82, 2.24) is 29.9 Å². The summed E-state index contributed by atoms with van der Waals surface area (Å²) in [6.07, 6.45) is 12.9. The van der Waals surface area contributed by atoms with Gasteiger partial charge in [0.1, 0.15) is 6.29 Å². The second-order valence-electron chi connectivity index (χ2n) is 8.83. The molecule has 0 N–H and O–H groups in total. The summed E-state index contributed by atoms with van der Waals surface area (Å²) in [6, 6.07) is 31.1. The van der Waals surface area contributed by atoms with E-state index in [-0.39, 0.29) is 26.9 Å². The van der Waals surface area contributed by atoms with Crippen LogP contribution in [0.1, 0.15) is 25.0 Å². The quantitative estimate of drug-likeness (QED) is 0.135. The Balaban J connectivity index is 0.000000225. The smallest absolute Gasteiger partial charge is 0.120 e. The number of aldehydes is 1. The van der Waals surface area contributed by atoms with Gasteiger partial charge >= 0.3 is 0 Å². The number of nitrogens with zero attached hydrogens (tertiary/aromatic N) is 6. The van der Waals surface area contributed by atoms with Gasteiger partial charge in [-0.2, -0.15) is 0 Å². The third kappa shape index (κ3) is 11.5. The molecule has 0 fully saturated rings. The molecule has 0 saturated carbocycles. The summed E-state index contributed by atoms with van der Waals surface area (Å²) in [6.45, 7) is 2.03. The third-order valence-corrected chi connectivity index (χ3v) is 5.74. The predicted octanol–water partition coefficient (Wildman–Crippen LogP) is 7.50. The molecular formula is C35H34N6ORu. The molecule has 0 unspecified atom stereocenters. The molecule has 218 valence electrons. The van der Waals surface area contributed by atoms with Crippen LogP contribution in [0.2, 0.25) is 0 Å². The summed E-state index contributed by atoms with van der Waals surface area (Å²) in [7, 11) is 0. The van der Waals surface area contributed by atoms with E-state index < -0.39 is 0 Å². The molecule has 0 bridgehead atoms. The zero-order valence-electron chi connectivity index (χ0n) is 23.1. The zero-order chi connectivity index (χ0) is 28.5. The van der Waals surface area contributed by atoms with Crippen molar-refractivity contribution in [3.05, 3.63) is 145 Å². The van der Waals surface area contributed by atoms with Gasteiger partial charge in [-0.3, -0.25) is 29.9 Å². The van der Waals surface area contributed by atoms with Crippen molar-refractivity contribution in [3.63, 3.8) is 0 Å². The second-order valence-corrected chi connectivity index (χ2v) is 8.83. The molecule has 0 aromatic carbocycles. The molecule has 0 amide bonds. The molecule has 6 aromatic heterocycles. The van der Waals surface area contributed by atoms with Crippen molar-refractivity contribution in [2.45, 2.75) is 27.2 Å². The Morgan fingerprint density at radius 1 is 0.512 bits per heavy atom. The van der Waals surface area contributed by atoms with Gasteiger partial charge in [0, 0.05) is 63.1 Å². The second kappa shape index (κ2) is 19.3. The van der Waals surface area contributed by atoms with E-state index in [4.69, 9.17) is 0 Å². The Morgan fingerprint density at radius 3 is 1.28 bits per heavy atom. The number of hydrogen-bond donors (Lipinski definition) is 0. The summed E-state index contributed by atoms with van der Waals surface area (Å²) < 4.78 is 0. The predicted molar refractivity (Wildman–Crippen MR) is 168 cm³/mol. The van der Waals surface area contributed by atoms with Crippen LogP contribution < -0.4 is 0 Å². The van der Waals surface area contributed by atoms with Gasteiger partial charge in [-0.25, -0.2) is 0 Å². The first kappa shape index (κ1) is 34.4. The number of pyridine rings is 6. The minimum Gasteiger partial charge on any atom is -0.303 e. The summed E-state index contributed by atoms with van der Waals surface area (Å²) >= 11 is 0. The van der Waals surface area contributed by atoms with Crippen molar-refractivity contribution in [1.29, 1.82) is 0 Å². The number of hydrogen-bond acceptors (Lipinski definition) is 7. The topological polar surface area (TPSA) is 94.4 Å². The summed E-state index contributed by atoms with van der Waals surface area (Å²) in [5.41, 5.74) is 7.67. The number of rotatable bonds is 6. The van der Waals surface area contributed by atoms with Crippen molar-refractivity contribution in [2.24, 2.45) is 0 Å². The normalized spacial score (nSPS) is 9.42. The fourth-order valence-electron chi connectivity index (χ4n) is 3.73. The van der Waals surface area contributed by atoms with Crippen LogP contribution in [0.4, 0.5) is 0 Å². The fourth-order valence-corrected chi connectivity index (χ4v) is 3.73. The van der Waals surface area contributed by atoms with Crippen LogP contribution in [-0.4, -0.2) is 36.2 Å². The largest absolute Gasteiger partial charge is 0.303 e. The van der Waals surface area contributed by atoms with Crippen LogP contribution in [0.25, 0.3) is 34.2 Å². The molecule has 7 nitrogen and oxygen atoms in total. The van der Waals surface area contributed by atoms with Gasteiger partial charge in [0.15, 0.2) is 0 Å². The molecule has 0 radical (unpaired) electrons. The van der Waals surface area contributed by atoms with Crippen molar-refractivity contribution >= 4 is 6.29 Å². The molecule has 0 saturated heterocycles. The standard InChI is InChI=1S/C14H14N2O.2C10H8N2.CH4.Ru/c1-11-4-6-15-13(9-11)14-10-12(3-2-8-17)5-7-16-14;2*1-3-7-11-9(5-1)10-6-2-4-8-12-10;;/h4-10H,2-3H2,1H3;2*1-8H;1H4;. The molecule has 0 spiro atoms. The number of aryl methyl sites for hydroxylation is 2. The number of aromatic nitrogens is 6. The van der Waals surface area contributed by atoms with Gasteiger partial charge < -0.3 is 4.79 Å². The summed E-state index contributed by atoms with van der Waals surface area (Å²) in [5.74, 6) is 0. The van der Waals surface area contributed by atoms with Gasteiger partial charge in [-0.1, -0.05) is 31.7 Å². The van der Waals surface area contributed by atoms with Crippen LogP contribution in [-0.2, 0) is 30.7 Å². The molecule has 0 aliphatic heterocycles. The monoisotopic (exact) mass is 656 g/mol. The maximum absolute atomic E-state index is 10.3. The van der Waals surface area contributed by atoms with Gasteiger partial charge in [0.05, 0.1) is 34.2 Å². The fraction of sp³-hybridized carbons (Fsp3) is 0.114. The zero-order valence-corrected chi connectivity index (χ0v) is 24.9. The molecule has 0 aliphatic carbocycles. The van der Waals surface area contributed by atoms with Gasteiger partial charge in [0.25, 0.3) is 0 Å². The van der Waals surface area contributed by atoms with E-state index >= 15 is 0 Å². The Bertz CT molecular complexity index is 1460. The molecule has 6 aromatic rings. The van der Waals surface area contributed by atoms with E-state index in [1.807, 2.05) is 104 Å². The minimum atomic E-state index is 0. The van der Waals surface area contributed by atoms with Crippen LogP contribution in [0.15, 0.2) is 134 Å². The average Bonchev–Trinajstić information content (AvgIpc) is 3.06. The van der Waals surface area contributed by atoms with E-state index in [1.165, 1.54) is 0 Å². The van der Waals surface area contributed by atoms with Crippen molar-refractivity contribution < 1.29 is 24.3 Å². The summed E-state index contributed by atoms with van der Waals surface area (Å²) in [4.78, 5) is 35.7. The Morgan fingerprint density at radius 2 is 0.907 bits per heavy atom. The number of carbonyl (C=O) groups excluding carboxylic acids is 1. The van der Waals surface area contributed by atoms with Crippen LogP contribution >= 0.6 is 0 Å². The van der Waals surface area contributed by atoms with E-state index in [9.17, 15) is 4.79 Å². The average molecular weight is 656 g/mol. The Labute approximate surface area is 266 Å². The third-order valence-electron chi connectivity index (χ3n) is 5.74. The molecule has 0 atom stereocenters. The molecule has 6 rings (SSSR count). The minimum absolute atomic E-state index is 0. The molecule has 43 heavy (non-hydrogen) atoms. The van der Waals surface area contributed by atoms with E-state index in [0.29, 0.717) is 6.42 Å². The van der Waals surface area contributed by atoms with E-state index in [1.54, 1.807) is 37.2 Å². The van der Waals surface area contributed by atoms with Crippen molar-refractivity contribution in [2.75, 3.05) is 0 Å². The first-order valence-corrected chi connectivity index (χ1v) is 13.2. The van der Waals surface area contributed by atoms with Crippen molar-refractivity contribution in [3.8, 4) is 34.2 Å². The first-order chi connectivity index (χ1) is 20.2. The van der Waals surface area contributed by atoms with E-state index in [2.05, 4.69) is 29.9 Å². The molecule has 8 heteroatoms. The SMILES string of the molecule is C.Cc1ccnc(-c2cc(CCC=O)ccn2)c1.[Ru].c1ccc(-c2ccccn2)nc1.c1ccc(-c2ccccn2)nc1. The van der Waals surface area contributed by atoms with Gasteiger partial charge in [-0.05, 0) is 97.3 Å². The first-order valence-electron chi connectivity index (χ1n) is 13.2. The van der Waals surface area contributed by atoms with Gasteiger partial charge in [0.2, 0.25) is 0 Å². The maximum Gasteiger partial charge on any atom is 0.120 e. The number of carbonyl (C=O) groups is 1.